The molecule has 3 rings (SSSR count). The van der Waals surface area contributed by atoms with E-state index in [1.807, 2.05) is 0 Å². The van der Waals surface area contributed by atoms with Crippen LogP contribution in [0, 0.1) is 11.8 Å². The summed E-state index contributed by atoms with van der Waals surface area (Å²) in [6, 6.07) is 0. The minimum Gasteiger partial charge on any atom is -0.381 e. The van der Waals surface area contributed by atoms with Crippen LogP contribution in [0.15, 0.2) is 0 Å². The first kappa shape index (κ1) is 12.9. The zero-order valence-electron chi connectivity index (χ0n) is 11.6. The molecule has 1 heterocycles. The van der Waals surface area contributed by atoms with Crippen molar-refractivity contribution in [3.05, 3.63) is 0 Å². The highest BCUT2D eigenvalue weighted by Crippen LogP contribution is 2.39. The topological polar surface area (TPSA) is 21.8 Å². The van der Waals surface area contributed by atoms with Crippen LogP contribution in [0.2, 0.25) is 0 Å². The third kappa shape index (κ3) is 3.71. The predicted octanol–water partition coefficient (Wildman–Crippen LogP) is 3.93. The van der Waals surface area contributed by atoms with Crippen LogP contribution in [0.4, 0.5) is 0 Å². The number of epoxide rings is 1. The number of hydrogen-bond acceptors (Lipinski definition) is 2. The van der Waals surface area contributed by atoms with Gasteiger partial charge >= 0.3 is 0 Å². The van der Waals surface area contributed by atoms with E-state index in [0.29, 0.717) is 12.2 Å². The Labute approximate surface area is 111 Å². The van der Waals surface area contributed by atoms with E-state index in [4.69, 9.17) is 9.47 Å². The lowest BCUT2D eigenvalue weighted by Crippen LogP contribution is -2.18. The molecule has 1 aliphatic heterocycles. The lowest BCUT2D eigenvalue weighted by molar-refractivity contribution is 0.0848. The molecular weight excluding hydrogens is 224 g/mol. The molecule has 2 aliphatic carbocycles. The summed E-state index contributed by atoms with van der Waals surface area (Å²) in [4.78, 5) is 0. The Morgan fingerprint density at radius 3 is 2.61 bits per heavy atom. The van der Waals surface area contributed by atoms with Gasteiger partial charge in [-0.1, -0.05) is 38.5 Å². The van der Waals surface area contributed by atoms with Crippen LogP contribution in [0.1, 0.15) is 64.2 Å². The van der Waals surface area contributed by atoms with E-state index in [0.717, 1.165) is 25.0 Å². The van der Waals surface area contributed by atoms with Crippen molar-refractivity contribution in [1.29, 1.82) is 0 Å². The van der Waals surface area contributed by atoms with E-state index in [1.165, 1.54) is 64.2 Å². The van der Waals surface area contributed by atoms with Crippen molar-refractivity contribution in [3.8, 4) is 0 Å². The van der Waals surface area contributed by atoms with Gasteiger partial charge in [0, 0.05) is 13.2 Å². The molecule has 2 saturated carbocycles. The van der Waals surface area contributed by atoms with E-state index in [2.05, 4.69) is 0 Å². The van der Waals surface area contributed by atoms with E-state index >= 15 is 0 Å². The zero-order chi connectivity index (χ0) is 12.2. The summed E-state index contributed by atoms with van der Waals surface area (Å²) in [5, 5.41) is 0. The van der Waals surface area contributed by atoms with Gasteiger partial charge in [-0.15, -0.1) is 0 Å². The molecule has 3 atom stereocenters. The van der Waals surface area contributed by atoms with E-state index in [9.17, 15) is 0 Å². The fraction of sp³-hybridized carbons (Fsp3) is 1.00. The fourth-order valence-electron chi connectivity index (χ4n) is 3.48. The Hall–Kier alpha value is -0.0800. The van der Waals surface area contributed by atoms with Gasteiger partial charge in [0.1, 0.15) is 0 Å². The van der Waals surface area contributed by atoms with Gasteiger partial charge in [0.15, 0.2) is 0 Å². The standard InChI is InChI=1S/C16H28O2/c1(2-5-13-6-4-7-13)3-10-17-12-14-8-9-15-16(11-14)18-15/h13-16H,1-12H2. The molecule has 3 unspecified atom stereocenters. The molecule has 0 N–H and O–H groups in total. The quantitative estimate of drug-likeness (QED) is 0.482. The number of unbranched alkanes of at least 4 members (excludes halogenated alkanes) is 2. The van der Waals surface area contributed by atoms with Crippen molar-refractivity contribution in [3.63, 3.8) is 0 Å². The zero-order valence-corrected chi connectivity index (χ0v) is 11.6. The molecule has 0 radical (unpaired) electrons. The molecule has 0 bridgehead atoms. The first-order valence-corrected chi connectivity index (χ1v) is 8.15. The maximum absolute atomic E-state index is 5.83. The predicted molar refractivity (Wildman–Crippen MR) is 72.6 cm³/mol. The molecule has 0 aromatic heterocycles. The number of hydrogen-bond donors (Lipinski definition) is 0. The summed E-state index contributed by atoms with van der Waals surface area (Å²) in [5.74, 6) is 1.86. The first-order chi connectivity index (χ1) is 8.92. The van der Waals surface area contributed by atoms with E-state index in [1.54, 1.807) is 0 Å². The van der Waals surface area contributed by atoms with Crippen molar-refractivity contribution in [2.24, 2.45) is 11.8 Å². The molecule has 1 saturated heterocycles. The van der Waals surface area contributed by atoms with Crippen LogP contribution in [0.25, 0.3) is 0 Å². The molecule has 0 spiro atoms. The average molecular weight is 252 g/mol. The maximum atomic E-state index is 5.83. The van der Waals surface area contributed by atoms with Gasteiger partial charge in [-0.3, -0.25) is 0 Å². The largest absolute Gasteiger partial charge is 0.381 e. The third-order valence-electron chi connectivity index (χ3n) is 5.09. The normalized spacial score (nSPS) is 35.0. The Morgan fingerprint density at radius 2 is 1.83 bits per heavy atom. The summed E-state index contributed by atoms with van der Waals surface area (Å²) in [6.07, 6.45) is 15.1. The Morgan fingerprint density at radius 1 is 0.889 bits per heavy atom. The second kappa shape index (κ2) is 6.38. The highest BCUT2D eigenvalue weighted by Gasteiger charge is 2.43. The number of fused-ring (bicyclic) bond motifs is 1. The van der Waals surface area contributed by atoms with Gasteiger partial charge in [0.25, 0.3) is 0 Å². The molecule has 0 amide bonds. The van der Waals surface area contributed by atoms with Gasteiger partial charge in [-0.25, -0.2) is 0 Å². The van der Waals surface area contributed by atoms with Crippen molar-refractivity contribution in [2.45, 2.75) is 76.4 Å². The van der Waals surface area contributed by atoms with Crippen molar-refractivity contribution < 1.29 is 9.47 Å². The molecule has 2 nitrogen and oxygen atoms in total. The number of rotatable bonds is 8. The van der Waals surface area contributed by atoms with Gasteiger partial charge in [0.2, 0.25) is 0 Å². The van der Waals surface area contributed by atoms with Crippen molar-refractivity contribution in [2.75, 3.05) is 13.2 Å². The Bertz CT molecular complexity index is 249. The summed E-state index contributed by atoms with van der Waals surface area (Å²) in [5.41, 5.74) is 0. The molecular formula is C16H28O2. The van der Waals surface area contributed by atoms with Crippen LogP contribution in [0.3, 0.4) is 0 Å². The lowest BCUT2D eigenvalue weighted by atomic mass is 9.82. The molecule has 2 heteroatoms. The third-order valence-corrected chi connectivity index (χ3v) is 5.09. The van der Waals surface area contributed by atoms with Gasteiger partial charge in [0.05, 0.1) is 12.2 Å². The smallest absolute Gasteiger partial charge is 0.0845 e. The van der Waals surface area contributed by atoms with Crippen LogP contribution >= 0.6 is 0 Å². The molecule has 104 valence electrons. The minimum absolute atomic E-state index is 0.606. The molecule has 0 aromatic carbocycles. The van der Waals surface area contributed by atoms with Crippen LogP contribution < -0.4 is 0 Å². The second-order valence-electron chi connectivity index (χ2n) is 6.61. The van der Waals surface area contributed by atoms with Gasteiger partial charge < -0.3 is 9.47 Å². The van der Waals surface area contributed by atoms with Crippen LogP contribution in [0.5, 0.6) is 0 Å². The van der Waals surface area contributed by atoms with Crippen molar-refractivity contribution >= 4 is 0 Å². The highest BCUT2D eigenvalue weighted by molar-refractivity contribution is 4.91. The fourth-order valence-corrected chi connectivity index (χ4v) is 3.48. The monoisotopic (exact) mass is 252 g/mol. The maximum Gasteiger partial charge on any atom is 0.0845 e. The molecule has 0 aromatic rings. The Kier molecular flexibility index (Phi) is 4.58. The van der Waals surface area contributed by atoms with E-state index < -0.39 is 0 Å². The average Bonchev–Trinajstić information content (AvgIpc) is 3.08. The molecule has 18 heavy (non-hydrogen) atoms. The van der Waals surface area contributed by atoms with Crippen LogP contribution in [-0.4, -0.2) is 25.4 Å². The summed E-state index contributed by atoms with van der Waals surface area (Å²) in [6.45, 7) is 1.96. The molecule has 3 aliphatic rings. The highest BCUT2D eigenvalue weighted by atomic mass is 16.6. The number of ether oxygens (including phenoxy) is 2. The molecule has 3 fully saturated rings. The minimum atomic E-state index is 0.606. The Balaban J connectivity index is 1.12. The summed E-state index contributed by atoms with van der Waals surface area (Å²) in [7, 11) is 0. The summed E-state index contributed by atoms with van der Waals surface area (Å²) < 4.78 is 11.4. The SMILES string of the molecule is C(CCOCC1CCC2OC2C1)CCC1CCC1. The first-order valence-electron chi connectivity index (χ1n) is 8.15. The van der Waals surface area contributed by atoms with E-state index in [-0.39, 0.29) is 0 Å². The van der Waals surface area contributed by atoms with Crippen molar-refractivity contribution in [1.82, 2.24) is 0 Å². The van der Waals surface area contributed by atoms with Gasteiger partial charge in [-0.2, -0.15) is 0 Å². The lowest BCUT2D eigenvalue weighted by Gasteiger charge is -2.25. The van der Waals surface area contributed by atoms with Gasteiger partial charge in [-0.05, 0) is 37.5 Å². The second-order valence-corrected chi connectivity index (χ2v) is 6.61. The summed E-state index contributed by atoms with van der Waals surface area (Å²) >= 11 is 0. The van der Waals surface area contributed by atoms with Crippen LogP contribution in [-0.2, 0) is 9.47 Å².